The maximum atomic E-state index is 5.93. The lowest BCUT2D eigenvalue weighted by Gasteiger charge is -2.19. The molecule has 26 heavy (non-hydrogen) atoms. The third-order valence-electron chi connectivity index (χ3n) is 4.60. The molecule has 0 amide bonds. The van der Waals surface area contributed by atoms with Gasteiger partial charge in [-0.1, -0.05) is 32.9 Å². The van der Waals surface area contributed by atoms with Crippen molar-refractivity contribution < 1.29 is 14.2 Å². The number of benzene rings is 2. The highest BCUT2D eigenvalue weighted by Crippen LogP contribution is 2.32. The van der Waals surface area contributed by atoms with Crippen molar-refractivity contribution in [3.05, 3.63) is 54.2 Å². The molecule has 1 heterocycles. The third-order valence-corrected chi connectivity index (χ3v) is 4.60. The molecule has 1 aromatic heterocycles. The summed E-state index contributed by atoms with van der Waals surface area (Å²) in [6, 6.07) is 14.3. The van der Waals surface area contributed by atoms with Crippen LogP contribution < -0.4 is 14.2 Å². The Kier molecular flexibility index (Phi) is 5.12. The molecule has 3 aromatic rings. The van der Waals surface area contributed by atoms with E-state index in [2.05, 4.69) is 49.7 Å². The monoisotopic (exact) mass is 353 g/mol. The molecule has 0 aliphatic carbocycles. The molecule has 0 N–H and O–H groups in total. The van der Waals surface area contributed by atoms with E-state index in [1.54, 1.807) is 14.2 Å². The van der Waals surface area contributed by atoms with Gasteiger partial charge in [0.25, 0.3) is 0 Å². The van der Waals surface area contributed by atoms with Crippen LogP contribution in [0.4, 0.5) is 0 Å². The molecule has 0 aliphatic rings. The fourth-order valence-corrected chi connectivity index (χ4v) is 3.03. The van der Waals surface area contributed by atoms with Crippen LogP contribution in [0.3, 0.4) is 0 Å². The molecule has 4 nitrogen and oxygen atoms in total. The highest BCUT2D eigenvalue weighted by atomic mass is 16.5. The number of ether oxygens (including phenoxy) is 3. The summed E-state index contributed by atoms with van der Waals surface area (Å²) < 4.78 is 18.9. The summed E-state index contributed by atoms with van der Waals surface area (Å²) in [6.45, 7) is 7.98. The number of nitrogens with zero attached hydrogens (tertiary/aromatic N) is 1. The van der Waals surface area contributed by atoms with Gasteiger partial charge in [0, 0.05) is 23.7 Å². The van der Waals surface area contributed by atoms with Gasteiger partial charge in [-0.25, -0.2) is 0 Å². The first-order chi connectivity index (χ1) is 12.4. The first-order valence-electron chi connectivity index (χ1n) is 8.86. The third kappa shape index (κ3) is 3.79. The molecule has 2 aromatic carbocycles. The van der Waals surface area contributed by atoms with Crippen molar-refractivity contribution in [3.8, 4) is 17.2 Å². The van der Waals surface area contributed by atoms with Crippen molar-refractivity contribution in [2.24, 2.45) is 0 Å². The van der Waals surface area contributed by atoms with Gasteiger partial charge in [-0.3, -0.25) is 0 Å². The zero-order valence-electron chi connectivity index (χ0n) is 16.2. The largest absolute Gasteiger partial charge is 0.497 e. The smallest absolute Gasteiger partial charge is 0.131 e. The molecular weight excluding hydrogens is 326 g/mol. The van der Waals surface area contributed by atoms with Crippen molar-refractivity contribution in [1.82, 2.24) is 4.57 Å². The molecule has 0 fully saturated rings. The average molecular weight is 353 g/mol. The zero-order valence-corrected chi connectivity index (χ0v) is 16.2. The standard InChI is InChI=1S/C22H27NO3/c1-22(2,3)16-6-8-17(9-7-16)26-13-12-23-11-10-19-20(23)14-18(24-4)15-21(19)25-5/h6-11,14-15H,12-13H2,1-5H3. The summed E-state index contributed by atoms with van der Waals surface area (Å²) in [6.07, 6.45) is 2.05. The molecular formula is C22H27NO3. The molecule has 0 radical (unpaired) electrons. The van der Waals surface area contributed by atoms with Gasteiger partial charge in [0.15, 0.2) is 0 Å². The molecule has 138 valence electrons. The van der Waals surface area contributed by atoms with Gasteiger partial charge in [0.1, 0.15) is 23.9 Å². The molecule has 0 saturated heterocycles. The highest BCUT2D eigenvalue weighted by Gasteiger charge is 2.13. The van der Waals surface area contributed by atoms with Crippen LogP contribution >= 0.6 is 0 Å². The second-order valence-electron chi connectivity index (χ2n) is 7.39. The van der Waals surface area contributed by atoms with Gasteiger partial charge in [-0.2, -0.15) is 0 Å². The van der Waals surface area contributed by atoms with Crippen LogP contribution in [-0.4, -0.2) is 25.4 Å². The number of methoxy groups -OCH3 is 2. The van der Waals surface area contributed by atoms with E-state index in [1.165, 1.54) is 5.56 Å². The first kappa shape index (κ1) is 18.2. The second-order valence-corrected chi connectivity index (χ2v) is 7.39. The van der Waals surface area contributed by atoms with E-state index in [0.717, 1.165) is 34.7 Å². The van der Waals surface area contributed by atoms with Crippen molar-refractivity contribution >= 4 is 10.9 Å². The zero-order chi connectivity index (χ0) is 18.7. The van der Waals surface area contributed by atoms with Crippen LogP contribution in [0.1, 0.15) is 26.3 Å². The maximum Gasteiger partial charge on any atom is 0.131 e. The van der Waals surface area contributed by atoms with Crippen molar-refractivity contribution in [3.63, 3.8) is 0 Å². The highest BCUT2D eigenvalue weighted by molar-refractivity contribution is 5.88. The van der Waals surface area contributed by atoms with Crippen LogP contribution in [-0.2, 0) is 12.0 Å². The van der Waals surface area contributed by atoms with Crippen LogP contribution in [0.2, 0.25) is 0 Å². The predicted octanol–water partition coefficient (Wildman–Crippen LogP) is 5.04. The van der Waals surface area contributed by atoms with Crippen LogP contribution in [0.15, 0.2) is 48.7 Å². The Bertz CT molecular complexity index is 873. The summed E-state index contributed by atoms with van der Waals surface area (Å²) in [5.41, 5.74) is 2.54. The normalized spacial score (nSPS) is 11.6. The molecule has 4 heteroatoms. The number of hydrogen-bond acceptors (Lipinski definition) is 3. The van der Waals surface area contributed by atoms with Gasteiger partial charge in [0.05, 0.1) is 26.3 Å². The van der Waals surface area contributed by atoms with E-state index in [0.29, 0.717) is 6.61 Å². The van der Waals surface area contributed by atoms with Gasteiger partial charge < -0.3 is 18.8 Å². The van der Waals surface area contributed by atoms with E-state index in [9.17, 15) is 0 Å². The molecule has 0 saturated carbocycles. The minimum absolute atomic E-state index is 0.153. The Balaban J connectivity index is 1.70. The molecule has 3 rings (SSSR count). The van der Waals surface area contributed by atoms with E-state index >= 15 is 0 Å². The molecule has 0 aliphatic heterocycles. The summed E-state index contributed by atoms with van der Waals surface area (Å²) in [7, 11) is 3.34. The summed E-state index contributed by atoms with van der Waals surface area (Å²) >= 11 is 0. The fourth-order valence-electron chi connectivity index (χ4n) is 3.03. The van der Waals surface area contributed by atoms with Gasteiger partial charge in [-0.15, -0.1) is 0 Å². The van der Waals surface area contributed by atoms with Crippen molar-refractivity contribution in [2.45, 2.75) is 32.7 Å². The molecule has 0 unspecified atom stereocenters. The number of hydrogen-bond donors (Lipinski definition) is 0. The summed E-state index contributed by atoms with van der Waals surface area (Å²) in [4.78, 5) is 0. The van der Waals surface area contributed by atoms with E-state index in [1.807, 2.05) is 24.3 Å². The maximum absolute atomic E-state index is 5.93. The van der Waals surface area contributed by atoms with Gasteiger partial charge in [-0.05, 0) is 29.2 Å². The van der Waals surface area contributed by atoms with Crippen molar-refractivity contribution in [1.29, 1.82) is 0 Å². The Morgan fingerprint density at radius 2 is 1.62 bits per heavy atom. The summed E-state index contributed by atoms with van der Waals surface area (Å²) in [5, 5.41) is 1.07. The number of fused-ring (bicyclic) bond motifs is 1. The predicted molar refractivity (Wildman–Crippen MR) is 106 cm³/mol. The van der Waals surface area contributed by atoms with Crippen LogP contribution in [0.25, 0.3) is 10.9 Å². The minimum atomic E-state index is 0.153. The average Bonchev–Trinajstić information content (AvgIpc) is 3.03. The minimum Gasteiger partial charge on any atom is -0.497 e. The molecule has 0 atom stereocenters. The van der Waals surface area contributed by atoms with Gasteiger partial charge in [0.2, 0.25) is 0 Å². The van der Waals surface area contributed by atoms with Gasteiger partial charge >= 0.3 is 0 Å². The Morgan fingerprint density at radius 1 is 0.885 bits per heavy atom. The van der Waals surface area contributed by atoms with Crippen LogP contribution in [0, 0.1) is 0 Å². The lowest BCUT2D eigenvalue weighted by molar-refractivity contribution is 0.300. The molecule has 0 bridgehead atoms. The lowest BCUT2D eigenvalue weighted by atomic mass is 9.87. The Hall–Kier alpha value is -2.62. The van der Waals surface area contributed by atoms with Crippen molar-refractivity contribution in [2.75, 3.05) is 20.8 Å². The molecule has 0 spiro atoms. The Morgan fingerprint density at radius 3 is 2.23 bits per heavy atom. The van der Waals surface area contributed by atoms with E-state index < -0.39 is 0 Å². The number of rotatable bonds is 6. The van der Waals surface area contributed by atoms with Crippen LogP contribution in [0.5, 0.6) is 17.2 Å². The fraction of sp³-hybridized carbons (Fsp3) is 0.364. The Labute approximate surface area is 155 Å². The SMILES string of the molecule is COc1cc(OC)c2ccn(CCOc3ccc(C(C)(C)C)cc3)c2c1. The van der Waals surface area contributed by atoms with E-state index in [-0.39, 0.29) is 5.41 Å². The number of aromatic nitrogens is 1. The topological polar surface area (TPSA) is 32.6 Å². The quantitative estimate of drug-likeness (QED) is 0.623. The lowest BCUT2D eigenvalue weighted by Crippen LogP contribution is -2.11. The van der Waals surface area contributed by atoms with E-state index in [4.69, 9.17) is 14.2 Å². The summed E-state index contributed by atoms with van der Waals surface area (Å²) in [5.74, 6) is 2.49. The first-order valence-corrected chi connectivity index (χ1v) is 8.86. The second kappa shape index (κ2) is 7.32.